The lowest BCUT2D eigenvalue weighted by Crippen LogP contribution is -2.25. The van der Waals surface area contributed by atoms with Crippen molar-refractivity contribution < 1.29 is 9.72 Å². The molecule has 1 N–H and O–H groups in total. The third-order valence-corrected chi connectivity index (χ3v) is 5.36. The van der Waals surface area contributed by atoms with Crippen molar-refractivity contribution >= 4 is 23.0 Å². The highest BCUT2D eigenvalue weighted by Gasteiger charge is 2.24. The normalized spacial score (nSPS) is 14.9. The maximum absolute atomic E-state index is 12.9. The molecule has 1 heterocycles. The summed E-state index contributed by atoms with van der Waals surface area (Å²) in [6.07, 6.45) is 4.36. The van der Waals surface area contributed by atoms with Crippen LogP contribution in [-0.2, 0) is 5.41 Å². The van der Waals surface area contributed by atoms with Gasteiger partial charge in [0.25, 0.3) is 11.6 Å². The monoisotopic (exact) mass is 395 g/mol. The van der Waals surface area contributed by atoms with Crippen molar-refractivity contribution in [3.8, 4) is 0 Å². The lowest BCUT2D eigenvalue weighted by Gasteiger charge is -2.23. The molecule has 0 aliphatic carbocycles. The van der Waals surface area contributed by atoms with Gasteiger partial charge in [-0.15, -0.1) is 0 Å². The third-order valence-electron chi connectivity index (χ3n) is 5.36. The van der Waals surface area contributed by atoms with Crippen LogP contribution in [0.1, 0.15) is 62.4 Å². The Labute approximate surface area is 172 Å². The average molecular weight is 396 g/mol. The molecule has 1 amide bonds. The Morgan fingerprint density at radius 1 is 1.03 bits per heavy atom. The fraction of sp³-hybridized carbons (Fsp3) is 0.435. The predicted molar refractivity (Wildman–Crippen MR) is 117 cm³/mol. The fourth-order valence-corrected chi connectivity index (χ4v) is 3.83. The number of nitrogens with zero attached hydrogens (tertiary/aromatic N) is 2. The van der Waals surface area contributed by atoms with E-state index in [1.807, 2.05) is 24.3 Å². The molecule has 0 atom stereocenters. The Kier molecular flexibility index (Phi) is 6.20. The van der Waals surface area contributed by atoms with Gasteiger partial charge in [-0.25, -0.2) is 0 Å². The highest BCUT2D eigenvalue weighted by atomic mass is 16.6. The van der Waals surface area contributed by atoms with Crippen LogP contribution in [0.25, 0.3) is 0 Å². The van der Waals surface area contributed by atoms with E-state index in [1.165, 1.54) is 6.07 Å². The molecule has 0 spiro atoms. The van der Waals surface area contributed by atoms with Crippen molar-refractivity contribution in [2.45, 2.75) is 51.9 Å². The molecule has 0 unspecified atom stereocenters. The predicted octanol–water partition coefficient (Wildman–Crippen LogP) is 5.53. The van der Waals surface area contributed by atoms with Gasteiger partial charge >= 0.3 is 0 Å². The quantitative estimate of drug-likeness (QED) is 0.546. The van der Waals surface area contributed by atoms with Gasteiger partial charge in [0.15, 0.2) is 0 Å². The number of para-hydroxylation sites is 1. The number of rotatable bonds is 4. The highest BCUT2D eigenvalue weighted by Crippen LogP contribution is 2.32. The van der Waals surface area contributed by atoms with E-state index in [0.717, 1.165) is 50.0 Å². The number of hydrogen-bond donors (Lipinski definition) is 1. The van der Waals surface area contributed by atoms with E-state index in [9.17, 15) is 14.9 Å². The maximum Gasteiger partial charge on any atom is 0.293 e. The van der Waals surface area contributed by atoms with Crippen LogP contribution in [0, 0.1) is 10.1 Å². The van der Waals surface area contributed by atoms with E-state index in [0.29, 0.717) is 11.3 Å². The topological polar surface area (TPSA) is 75.5 Å². The van der Waals surface area contributed by atoms with Crippen LogP contribution in [0.2, 0.25) is 0 Å². The summed E-state index contributed by atoms with van der Waals surface area (Å²) in [4.78, 5) is 26.3. The molecular formula is C23H29N3O3. The number of nitro groups is 1. The Bertz CT molecular complexity index is 894. The summed E-state index contributed by atoms with van der Waals surface area (Å²) in [5.74, 6) is -0.341. The number of nitrogens with one attached hydrogen (secondary N) is 1. The number of carbonyl (C=O) groups is 1. The number of hydrogen-bond acceptors (Lipinski definition) is 4. The van der Waals surface area contributed by atoms with Crippen LogP contribution in [0.4, 0.5) is 17.1 Å². The van der Waals surface area contributed by atoms with Gasteiger partial charge in [-0.3, -0.25) is 14.9 Å². The van der Waals surface area contributed by atoms with E-state index in [2.05, 4.69) is 31.0 Å². The maximum atomic E-state index is 12.9. The number of amides is 1. The minimum atomic E-state index is -0.389. The van der Waals surface area contributed by atoms with Gasteiger partial charge in [0.05, 0.1) is 4.92 Å². The molecule has 1 saturated heterocycles. The van der Waals surface area contributed by atoms with Crippen molar-refractivity contribution in [3.63, 3.8) is 0 Å². The molecule has 29 heavy (non-hydrogen) atoms. The van der Waals surface area contributed by atoms with E-state index < -0.39 is 0 Å². The molecule has 2 aromatic carbocycles. The fourth-order valence-electron chi connectivity index (χ4n) is 3.83. The molecule has 154 valence electrons. The zero-order valence-corrected chi connectivity index (χ0v) is 17.4. The number of anilines is 2. The Hall–Kier alpha value is -2.89. The zero-order valence-electron chi connectivity index (χ0n) is 17.4. The van der Waals surface area contributed by atoms with Gasteiger partial charge < -0.3 is 10.2 Å². The largest absolute Gasteiger partial charge is 0.366 e. The molecule has 1 aliphatic heterocycles. The van der Waals surface area contributed by atoms with Crippen LogP contribution in [0.3, 0.4) is 0 Å². The number of carbonyl (C=O) groups excluding carboxylic acids is 1. The van der Waals surface area contributed by atoms with Gasteiger partial charge in [0.1, 0.15) is 5.69 Å². The molecule has 3 rings (SSSR count). The standard InChI is InChI=1S/C23H29N3O3/c1-23(2,3)18-10-6-7-11-19(18)24-22(27)17-12-13-20(21(16-17)26(28)29)25-14-8-4-5-9-15-25/h6-7,10-13,16H,4-5,8-9,14-15H2,1-3H3,(H,24,27). The first-order chi connectivity index (χ1) is 13.8. The van der Waals surface area contributed by atoms with Crippen molar-refractivity contribution in [2.75, 3.05) is 23.3 Å². The van der Waals surface area contributed by atoms with E-state index in [-0.39, 0.29) is 21.9 Å². The minimum absolute atomic E-state index is 0.0105. The molecule has 1 fully saturated rings. The van der Waals surface area contributed by atoms with Crippen LogP contribution < -0.4 is 10.2 Å². The molecule has 6 heteroatoms. The van der Waals surface area contributed by atoms with Crippen LogP contribution in [0.15, 0.2) is 42.5 Å². The van der Waals surface area contributed by atoms with Crippen molar-refractivity contribution in [3.05, 3.63) is 63.7 Å². The van der Waals surface area contributed by atoms with Crippen LogP contribution >= 0.6 is 0 Å². The van der Waals surface area contributed by atoms with Crippen molar-refractivity contribution in [1.29, 1.82) is 0 Å². The third kappa shape index (κ3) is 4.94. The summed E-state index contributed by atoms with van der Waals surface area (Å²) >= 11 is 0. The highest BCUT2D eigenvalue weighted by molar-refractivity contribution is 6.05. The smallest absolute Gasteiger partial charge is 0.293 e. The molecule has 0 aromatic heterocycles. The summed E-state index contributed by atoms with van der Waals surface area (Å²) in [7, 11) is 0. The van der Waals surface area contributed by atoms with Crippen molar-refractivity contribution in [2.24, 2.45) is 0 Å². The van der Waals surface area contributed by atoms with Crippen LogP contribution in [0.5, 0.6) is 0 Å². The van der Waals surface area contributed by atoms with E-state index in [1.54, 1.807) is 12.1 Å². The number of benzene rings is 2. The molecular weight excluding hydrogens is 366 g/mol. The molecule has 1 aliphatic rings. The minimum Gasteiger partial charge on any atom is -0.366 e. The molecule has 0 bridgehead atoms. The Morgan fingerprint density at radius 3 is 2.31 bits per heavy atom. The van der Waals surface area contributed by atoms with Crippen LogP contribution in [-0.4, -0.2) is 23.9 Å². The van der Waals surface area contributed by atoms with Gasteiger partial charge in [0, 0.05) is 30.4 Å². The summed E-state index contributed by atoms with van der Waals surface area (Å²) in [5, 5.41) is 14.6. The summed E-state index contributed by atoms with van der Waals surface area (Å²) < 4.78 is 0. The lowest BCUT2D eigenvalue weighted by molar-refractivity contribution is -0.384. The molecule has 0 radical (unpaired) electrons. The Balaban J connectivity index is 1.89. The summed E-state index contributed by atoms with van der Waals surface area (Å²) in [6, 6.07) is 12.5. The van der Waals surface area contributed by atoms with E-state index >= 15 is 0 Å². The zero-order chi connectivity index (χ0) is 21.0. The molecule has 0 saturated carbocycles. The first kappa shape index (κ1) is 20.8. The number of nitro benzene ring substituents is 1. The second kappa shape index (κ2) is 8.64. The first-order valence-corrected chi connectivity index (χ1v) is 10.2. The van der Waals surface area contributed by atoms with E-state index in [4.69, 9.17) is 0 Å². The average Bonchev–Trinajstić information content (AvgIpc) is 2.96. The summed E-state index contributed by atoms with van der Waals surface area (Å²) in [6.45, 7) is 7.87. The first-order valence-electron chi connectivity index (χ1n) is 10.2. The lowest BCUT2D eigenvalue weighted by atomic mass is 9.86. The van der Waals surface area contributed by atoms with Gasteiger partial charge in [-0.2, -0.15) is 0 Å². The Morgan fingerprint density at radius 2 is 1.69 bits per heavy atom. The molecule has 6 nitrogen and oxygen atoms in total. The van der Waals surface area contributed by atoms with Gasteiger partial charge in [-0.1, -0.05) is 51.8 Å². The summed E-state index contributed by atoms with van der Waals surface area (Å²) in [5.41, 5.74) is 2.49. The van der Waals surface area contributed by atoms with Gasteiger partial charge in [0.2, 0.25) is 0 Å². The second-order valence-electron chi connectivity index (χ2n) is 8.61. The second-order valence-corrected chi connectivity index (χ2v) is 8.61. The molecule has 2 aromatic rings. The van der Waals surface area contributed by atoms with Crippen molar-refractivity contribution in [1.82, 2.24) is 0 Å². The van der Waals surface area contributed by atoms with Gasteiger partial charge in [-0.05, 0) is 42.0 Å². The SMILES string of the molecule is CC(C)(C)c1ccccc1NC(=O)c1ccc(N2CCCCCC2)c([N+](=O)[O-])c1.